The standard InChI is InChI=1S/C14H23N3OS/c1-11(12-5-7-13(19-4)8-6-12)15-9-10-16-14(18)17(2)3/h5-8,11,15H,9-10H2,1-4H3,(H,16,18). The number of benzene rings is 1. The van der Waals surface area contributed by atoms with Crippen LogP contribution in [0.15, 0.2) is 29.2 Å². The van der Waals surface area contributed by atoms with Crippen LogP contribution >= 0.6 is 11.8 Å². The van der Waals surface area contributed by atoms with Gasteiger partial charge in [0.15, 0.2) is 0 Å². The minimum absolute atomic E-state index is 0.0567. The van der Waals surface area contributed by atoms with Crippen molar-refractivity contribution in [2.24, 2.45) is 0 Å². The first kappa shape index (κ1) is 15.9. The lowest BCUT2D eigenvalue weighted by atomic mass is 10.1. The second kappa shape index (κ2) is 8.07. The van der Waals surface area contributed by atoms with Gasteiger partial charge in [0.2, 0.25) is 0 Å². The Hall–Kier alpha value is -1.20. The highest BCUT2D eigenvalue weighted by Gasteiger charge is 2.05. The minimum atomic E-state index is -0.0567. The van der Waals surface area contributed by atoms with Crippen molar-refractivity contribution in [3.05, 3.63) is 29.8 Å². The van der Waals surface area contributed by atoms with Crippen molar-refractivity contribution in [2.45, 2.75) is 17.9 Å². The number of nitrogens with zero attached hydrogens (tertiary/aromatic N) is 1. The Bertz CT molecular complexity index is 392. The van der Waals surface area contributed by atoms with Gasteiger partial charge in [-0.15, -0.1) is 11.8 Å². The van der Waals surface area contributed by atoms with Crippen LogP contribution in [0.5, 0.6) is 0 Å². The molecule has 0 aliphatic rings. The van der Waals surface area contributed by atoms with Gasteiger partial charge in [-0.25, -0.2) is 4.79 Å². The van der Waals surface area contributed by atoms with E-state index in [1.807, 2.05) is 0 Å². The molecule has 1 atom stereocenters. The SMILES string of the molecule is CSc1ccc(C(C)NCCNC(=O)N(C)C)cc1. The molecule has 0 fully saturated rings. The second-order valence-corrected chi connectivity index (χ2v) is 5.45. The van der Waals surface area contributed by atoms with Crippen molar-refractivity contribution < 1.29 is 4.79 Å². The molecule has 0 radical (unpaired) electrons. The van der Waals surface area contributed by atoms with Crippen LogP contribution in [0, 0.1) is 0 Å². The fourth-order valence-electron chi connectivity index (χ4n) is 1.63. The Morgan fingerprint density at radius 2 is 1.89 bits per heavy atom. The zero-order valence-corrected chi connectivity index (χ0v) is 12.9. The molecule has 106 valence electrons. The third-order valence-electron chi connectivity index (χ3n) is 2.87. The Kier molecular flexibility index (Phi) is 6.73. The fourth-order valence-corrected chi connectivity index (χ4v) is 2.03. The number of nitrogens with one attached hydrogen (secondary N) is 2. The van der Waals surface area contributed by atoms with Crippen molar-refractivity contribution in [1.29, 1.82) is 0 Å². The van der Waals surface area contributed by atoms with Crippen LogP contribution in [0.25, 0.3) is 0 Å². The van der Waals surface area contributed by atoms with Gasteiger partial charge in [0.05, 0.1) is 0 Å². The van der Waals surface area contributed by atoms with E-state index in [0.717, 1.165) is 6.54 Å². The van der Waals surface area contributed by atoms with E-state index >= 15 is 0 Å². The molecule has 1 unspecified atom stereocenters. The van der Waals surface area contributed by atoms with E-state index in [-0.39, 0.29) is 12.1 Å². The normalized spacial score (nSPS) is 12.0. The highest BCUT2D eigenvalue weighted by Crippen LogP contribution is 2.18. The lowest BCUT2D eigenvalue weighted by Gasteiger charge is -2.16. The van der Waals surface area contributed by atoms with Gasteiger partial charge < -0.3 is 15.5 Å². The average Bonchev–Trinajstić information content (AvgIpc) is 2.43. The van der Waals surface area contributed by atoms with E-state index in [1.165, 1.54) is 15.4 Å². The quantitative estimate of drug-likeness (QED) is 0.621. The summed E-state index contributed by atoms with van der Waals surface area (Å²) in [6, 6.07) is 8.77. The summed E-state index contributed by atoms with van der Waals surface area (Å²) in [7, 11) is 3.47. The molecule has 4 nitrogen and oxygen atoms in total. The molecule has 5 heteroatoms. The molecule has 0 saturated carbocycles. The van der Waals surface area contributed by atoms with Crippen LogP contribution in [0.4, 0.5) is 4.79 Å². The maximum absolute atomic E-state index is 11.3. The molecule has 0 saturated heterocycles. The molecule has 0 bridgehead atoms. The van der Waals surface area contributed by atoms with Crippen molar-refractivity contribution in [1.82, 2.24) is 15.5 Å². The summed E-state index contributed by atoms with van der Waals surface area (Å²) in [5.74, 6) is 0. The van der Waals surface area contributed by atoms with Gasteiger partial charge in [-0.05, 0) is 30.9 Å². The molecular formula is C14H23N3OS. The number of hydrogen-bond acceptors (Lipinski definition) is 3. The van der Waals surface area contributed by atoms with Gasteiger partial charge in [-0.3, -0.25) is 0 Å². The molecule has 19 heavy (non-hydrogen) atoms. The van der Waals surface area contributed by atoms with E-state index in [4.69, 9.17) is 0 Å². The Balaban J connectivity index is 2.30. The molecule has 0 aliphatic carbocycles. The average molecular weight is 281 g/mol. The van der Waals surface area contributed by atoms with Crippen LogP contribution in [0.2, 0.25) is 0 Å². The predicted octanol–water partition coefficient (Wildman–Crippen LogP) is 2.33. The van der Waals surface area contributed by atoms with Crippen LogP contribution in [-0.2, 0) is 0 Å². The molecule has 1 aromatic rings. The first-order chi connectivity index (χ1) is 9.04. The van der Waals surface area contributed by atoms with Crippen molar-refractivity contribution in [3.63, 3.8) is 0 Å². The minimum Gasteiger partial charge on any atom is -0.337 e. The molecule has 0 spiro atoms. The van der Waals surface area contributed by atoms with Gasteiger partial charge in [0, 0.05) is 38.1 Å². The predicted molar refractivity (Wildman–Crippen MR) is 81.7 cm³/mol. The molecule has 1 aromatic carbocycles. The number of carbonyl (C=O) groups excluding carboxylic acids is 1. The van der Waals surface area contributed by atoms with Gasteiger partial charge in [-0.2, -0.15) is 0 Å². The smallest absolute Gasteiger partial charge is 0.316 e. The number of urea groups is 1. The highest BCUT2D eigenvalue weighted by atomic mass is 32.2. The second-order valence-electron chi connectivity index (χ2n) is 4.58. The fraction of sp³-hybridized carbons (Fsp3) is 0.500. The Labute approximate surface area is 119 Å². The third kappa shape index (κ3) is 5.53. The summed E-state index contributed by atoms with van der Waals surface area (Å²) in [5, 5.41) is 6.22. The molecular weight excluding hydrogens is 258 g/mol. The monoisotopic (exact) mass is 281 g/mol. The molecule has 1 rings (SSSR count). The number of amides is 2. The molecule has 2 N–H and O–H groups in total. The third-order valence-corrected chi connectivity index (χ3v) is 3.62. The van der Waals surface area contributed by atoms with Crippen molar-refractivity contribution in [2.75, 3.05) is 33.4 Å². The van der Waals surface area contributed by atoms with E-state index in [1.54, 1.807) is 25.9 Å². The van der Waals surface area contributed by atoms with E-state index in [2.05, 4.69) is 48.1 Å². The summed E-state index contributed by atoms with van der Waals surface area (Å²) in [5.41, 5.74) is 1.26. The summed E-state index contributed by atoms with van der Waals surface area (Å²) >= 11 is 1.74. The lowest BCUT2D eigenvalue weighted by Crippen LogP contribution is -2.38. The van der Waals surface area contributed by atoms with Gasteiger partial charge >= 0.3 is 6.03 Å². The summed E-state index contributed by atoms with van der Waals surface area (Å²) in [6.07, 6.45) is 2.07. The van der Waals surface area contributed by atoms with E-state index in [9.17, 15) is 4.79 Å². The number of rotatable bonds is 6. The van der Waals surface area contributed by atoms with E-state index < -0.39 is 0 Å². The highest BCUT2D eigenvalue weighted by molar-refractivity contribution is 7.98. The zero-order chi connectivity index (χ0) is 14.3. The van der Waals surface area contributed by atoms with E-state index in [0.29, 0.717) is 6.54 Å². The van der Waals surface area contributed by atoms with Gasteiger partial charge in [0.25, 0.3) is 0 Å². The van der Waals surface area contributed by atoms with Crippen LogP contribution in [0.3, 0.4) is 0 Å². The number of hydrogen-bond donors (Lipinski definition) is 2. The number of thioether (sulfide) groups is 1. The maximum atomic E-state index is 11.3. The summed E-state index contributed by atoms with van der Waals surface area (Å²) < 4.78 is 0. The summed E-state index contributed by atoms with van der Waals surface area (Å²) in [4.78, 5) is 14.1. The first-order valence-corrected chi connectivity index (χ1v) is 7.59. The van der Waals surface area contributed by atoms with Crippen molar-refractivity contribution in [3.8, 4) is 0 Å². The van der Waals surface area contributed by atoms with Crippen LogP contribution in [-0.4, -0.2) is 44.4 Å². The Morgan fingerprint density at radius 3 is 2.42 bits per heavy atom. The largest absolute Gasteiger partial charge is 0.337 e. The molecule has 0 aliphatic heterocycles. The van der Waals surface area contributed by atoms with Gasteiger partial charge in [-0.1, -0.05) is 12.1 Å². The molecule has 0 aromatic heterocycles. The van der Waals surface area contributed by atoms with Gasteiger partial charge in [0.1, 0.15) is 0 Å². The van der Waals surface area contributed by atoms with Crippen LogP contribution < -0.4 is 10.6 Å². The molecule has 2 amide bonds. The first-order valence-electron chi connectivity index (χ1n) is 6.37. The Morgan fingerprint density at radius 1 is 1.26 bits per heavy atom. The maximum Gasteiger partial charge on any atom is 0.316 e. The lowest BCUT2D eigenvalue weighted by molar-refractivity contribution is 0.217. The topological polar surface area (TPSA) is 44.4 Å². The molecule has 0 heterocycles. The van der Waals surface area contributed by atoms with Crippen LogP contribution in [0.1, 0.15) is 18.5 Å². The van der Waals surface area contributed by atoms with Crippen molar-refractivity contribution >= 4 is 17.8 Å². The summed E-state index contributed by atoms with van der Waals surface area (Å²) in [6.45, 7) is 3.51. The zero-order valence-electron chi connectivity index (χ0n) is 12.1. The number of carbonyl (C=O) groups is 1.